The molecule has 0 spiro atoms. The van der Waals surface area contributed by atoms with E-state index in [0.29, 0.717) is 19.4 Å². The Balaban J connectivity index is 1.90. The number of nitrogens with one attached hydrogen (secondary N) is 1. The summed E-state index contributed by atoms with van der Waals surface area (Å²) in [5.74, 6) is -0.432. The second kappa shape index (κ2) is 7.98. The Hall–Kier alpha value is -2.62. The summed E-state index contributed by atoms with van der Waals surface area (Å²) < 4.78 is 4.54. The van der Waals surface area contributed by atoms with E-state index in [9.17, 15) is 9.59 Å². The maximum absolute atomic E-state index is 11.8. The molecule has 0 saturated heterocycles. The first-order valence-electron chi connectivity index (χ1n) is 7.21. The van der Waals surface area contributed by atoms with Crippen LogP contribution in [0.5, 0.6) is 0 Å². The van der Waals surface area contributed by atoms with Crippen molar-refractivity contribution in [3.05, 3.63) is 54.1 Å². The summed E-state index contributed by atoms with van der Waals surface area (Å²) >= 11 is 0. The summed E-state index contributed by atoms with van der Waals surface area (Å²) in [7, 11) is 1.35. The van der Waals surface area contributed by atoms with E-state index in [0.717, 1.165) is 16.3 Å². The molecule has 0 atom stereocenters. The molecule has 1 N–H and O–H groups in total. The van der Waals surface area contributed by atoms with Crippen LogP contribution in [0.3, 0.4) is 0 Å². The van der Waals surface area contributed by atoms with Crippen molar-refractivity contribution in [1.29, 1.82) is 0 Å². The molecule has 0 radical (unpaired) electrons. The fraction of sp³-hybridized carbons (Fsp3) is 0.222. The lowest BCUT2D eigenvalue weighted by Crippen LogP contribution is -2.22. The van der Waals surface area contributed by atoms with Gasteiger partial charge in [-0.05, 0) is 28.8 Å². The second-order valence-electron chi connectivity index (χ2n) is 4.87. The molecule has 4 nitrogen and oxygen atoms in total. The number of fused-ring (bicyclic) bond motifs is 1. The largest absolute Gasteiger partial charge is 0.469 e. The van der Waals surface area contributed by atoms with Crippen LogP contribution in [0.2, 0.25) is 0 Å². The smallest absolute Gasteiger partial charge is 0.305 e. The fourth-order valence-corrected chi connectivity index (χ4v) is 2.17. The highest BCUT2D eigenvalue weighted by Crippen LogP contribution is 2.19. The van der Waals surface area contributed by atoms with Gasteiger partial charge in [0.1, 0.15) is 0 Å². The molecular weight excluding hydrogens is 278 g/mol. The predicted octanol–water partition coefficient (Wildman–Crippen LogP) is 2.92. The van der Waals surface area contributed by atoms with E-state index in [4.69, 9.17) is 0 Å². The third-order valence-corrected chi connectivity index (χ3v) is 3.32. The van der Waals surface area contributed by atoms with Gasteiger partial charge in [0.15, 0.2) is 0 Å². The van der Waals surface area contributed by atoms with Crippen molar-refractivity contribution in [3.63, 3.8) is 0 Å². The van der Waals surface area contributed by atoms with Crippen LogP contribution in [0.4, 0.5) is 0 Å². The van der Waals surface area contributed by atoms with Gasteiger partial charge in [-0.2, -0.15) is 0 Å². The number of hydrogen-bond acceptors (Lipinski definition) is 3. The first-order valence-corrected chi connectivity index (χ1v) is 7.21. The Morgan fingerprint density at radius 3 is 2.73 bits per heavy atom. The molecule has 0 aromatic heterocycles. The van der Waals surface area contributed by atoms with Crippen molar-refractivity contribution >= 4 is 28.7 Å². The molecule has 0 aliphatic heterocycles. The number of methoxy groups -OCH3 is 1. The number of carbonyl (C=O) groups is 2. The number of benzene rings is 2. The topological polar surface area (TPSA) is 55.4 Å². The average molecular weight is 297 g/mol. The lowest BCUT2D eigenvalue weighted by atomic mass is 10.0. The lowest BCUT2D eigenvalue weighted by Gasteiger charge is -2.03. The minimum absolute atomic E-state index is 0.169. The van der Waals surface area contributed by atoms with Gasteiger partial charge in [0.2, 0.25) is 5.91 Å². The van der Waals surface area contributed by atoms with Gasteiger partial charge < -0.3 is 10.1 Å². The van der Waals surface area contributed by atoms with Crippen LogP contribution in [0.15, 0.2) is 48.5 Å². The lowest BCUT2D eigenvalue weighted by molar-refractivity contribution is -0.140. The van der Waals surface area contributed by atoms with Gasteiger partial charge in [0, 0.05) is 19.0 Å². The number of rotatable bonds is 6. The second-order valence-corrected chi connectivity index (χ2v) is 4.87. The molecule has 114 valence electrons. The molecule has 1 amide bonds. The molecule has 0 bridgehead atoms. The Morgan fingerprint density at radius 1 is 1.14 bits per heavy atom. The minimum atomic E-state index is -0.263. The zero-order valence-corrected chi connectivity index (χ0v) is 12.5. The molecule has 22 heavy (non-hydrogen) atoms. The minimum Gasteiger partial charge on any atom is -0.469 e. The SMILES string of the molecule is COC(=O)CCCNC(=O)/C=C/c1cccc2ccccc12. The maximum Gasteiger partial charge on any atom is 0.305 e. The van der Waals surface area contributed by atoms with E-state index in [1.165, 1.54) is 13.2 Å². The highest BCUT2D eigenvalue weighted by atomic mass is 16.5. The number of ether oxygens (including phenoxy) is 1. The Kier molecular flexibility index (Phi) is 5.72. The van der Waals surface area contributed by atoms with Crippen molar-refractivity contribution in [3.8, 4) is 0 Å². The van der Waals surface area contributed by atoms with Crippen LogP contribution in [0.1, 0.15) is 18.4 Å². The normalized spacial score (nSPS) is 10.8. The number of hydrogen-bond donors (Lipinski definition) is 1. The Bertz CT molecular complexity index is 686. The Labute approximate surface area is 129 Å². The monoisotopic (exact) mass is 297 g/mol. The van der Waals surface area contributed by atoms with Crippen LogP contribution < -0.4 is 5.32 Å². The van der Waals surface area contributed by atoms with E-state index in [1.54, 1.807) is 6.08 Å². The van der Waals surface area contributed by atoms with Gasteiger partial charge in [0.25, 0.3) is 0 Å². The summed E-state index contributed by atoms with van der Waals surface area (Å²) in [4.78, 5) is 22.7. The third kappa shape index (κ3) is 4.45. The molecule has 2 aromatic carbocycles. The van der Waals surface area contributed by atoms with Crippen molar-refractivity contribution in [2.45, 2.75) is 12.8 Å². The fourth-order valence-electron chi connectivity index (χ4n) is 2.17. The molecule has 0 aliphatic rings. The Morgan fingerprint density at radius 2 is 1.91 bits per heavy atom. The van der Waals surface area contributed by atoms with Gasteiger partial charge in [-0.1, -0.05) is 42.5 Å². The summed E-state index contributed by atoms with van der Waals surface area (Å²) in [5, 5.41) is 5.00. The first-order chi connectivity index (χ1) is 10.7. The molecule has 2 aromatic rings. The molecule has 0 aliphatic carbocycles. The zero-order valence-electron chi connectivity index (χ0n) is 12.5. The molecule has 0 heterocycles. The molecular formula is C18H19NO3. The van der Waals surface area contributed by atoms with Crippen LogP contribution >= 0.6 is 0 Å². The van der Waals surface area contributed by atoms with E-state index in [2.05, 4.69) is 10.1 Å². The number of esters is 1. The van der Waals surface area contributed by atoms with Gasteiger partial charge in [-0.15, -0.1) is 0 Å². The number of carbonyl (C=O) groups excluding carboxylic acids is 2. The molecule has 2 rings (SSSR count). The van der Waals surface area contributed by atoms with Crippen molar-refractivity contribution < 1.29 is 14.3 Å². The highest BCUT2D eigenvalue weighted by Gasteiger charge is 2.01. The third-order valence-electron chi connectivity index (χ3n) is 3.32. The summed E-state index contributed by atoms with van der Waals surface area (Å²) in [5.41, 5.74) is 1.00. The van der Waals surface area contributed by atoms with Gasteiger partial charge in [-0.3, -0.25) is 9.59 Å². The van der Waals surface area contributed by atoms with Crippen LogP contribution in [0, 0.1) is 0 Å². The van der Waals surface area contributed by atoms with Gasteiger partial charge in [-0.25, -0.2) is 0 Å². The first kappa shape index (κ1) is 15.8. The average Bonchev–Trinajstić information content (AvgIpc) is 2.56. The summed E-state index contributed by atoms with van der Waals surface area (Å²) in [6, 6.07) is 14.0. The maximum atomic E-state index is 11.8. The van der Waals surface area contributed by atoms with E-state index < -0.39 is 0 Å². The van der Waals surface area contributed by atoms with E-state index in [-0.39, 0.29) is 11.9 Å². The molecule has 0 unspecified atom stereocenters. The number of amides is 1. The van der Waals surface area contributed by atoms with Crippen molar-refractivity contribution in [1.82, 2.24) is 5.32 Å². The van der Waals surface area contributed by atoms with E-state index >= 15 is 0 Å². The quantitative estimate of drug-likeness (QED) is 0.507. The molecule has 4 heteroatoms. The van der Waals surface area contributed by atoms with Crippen LogP contribution in [-0.4, -0.2) is 25.5 Å². The molecule has 0 fully saturated rings. The van der Waals surface area contributed by atoms with Crippen LogP contribution in [0.25, 0.3) is 16.8 Å². The zero-order chi connectivity index (χ0) is 15.8. The summed E-state index contributed by atoms with van der Waals surface area (Å²) in [6.45, 7) is 0.452. The van der Waals surface area contributed by atoms with Crippen molar-refractivity contribution in [2.75, 3.05) is 13.7 Å². The van der Waals surface area contributed by atoms with Crippen LogP contribution in [-0.2, 0) is 14.3 Å². The highest BCUT2D eigenvalue weighted by molar-refractivity contribution is 5.96. The summed E-state index contributed by atoms with van der Waals surface area (Å²) in [6.07, 6.45) is 4.20. The van der Waals surface area contributed by atoms with Gasteiger partial charge in [0.05, 0.1) is 7.11 Å². The van der Waals surface area contributed by atoms with Crippen molar-refractivity contribution in [2.24, 2.45) is 0 Å². The predicted molar refractivity (Wildman–Crippen MR) is 87.2 cm³/mol. The standard InChI is InChI=1S/C18H19NO3/c1-22-18(21)10-5-13-19-17(20)12-11-15-8-4-7-14-6-2-3-9-16(14)15/h2-4,6-9,11-12H,5,10,13H2,1H3,(H,19,20)/b12-11+. The van der Waals surface area contributed by atoms with Gasteiger partial charge >= 0.3 is 5.97 Å². The van der Waals surface area contributed by atoms with E-state index in [1.807, 2.05) is 42.5 Å². The molecule has 0 saturated carbocycles.